The van der Waals surface area contributed by atoms with Gasteiger partial charge in [0.25, 0.3) is 0 Å². The van der Waals surface area contributed by atoms with Crippen LogP contribution < -0.4 is 10.0 Å². The fourth-order valence-electron chi connectivity index (χ4n) is 2.20. The first-order valence-corrected chi connectivity index (χ1v) is 8.91. The lowest BCUT2D eigenvalue weighted by atomic mass is 10.3. The topological polar surface area (TPSA) is 76.0 Å². The first-order chi connectivity index (χ1) is 9.85. The van der Waals surface area contributed by atoms with Crippen LogP contribution in [-0.2, 0) is 30.2 Å². The Bertz CT molecular complexity index is 731. The monoisotopic (exact) mass is 328 g/mol. The van der Waals surface area contributed by atoms with Gasteiger partial charge in [-0.3, -0.25) is 4.68 Å². The average molecular weight is 328 g/mol. The van der Waals surface area contributed by atoms with Gasteiger partial charge in [0.15, 0.2) is 0 Å². The number of nitrogens with one attached hydrogen (secondary N) is 2. The Morgan fingerprint density at radius 1 is 1.33 bits per heavy atom. The Labute approximate surface area is 129 Å². The van der Waals surface area contributed by atoms with Gasteiger partial charge in [-0.05, 0) is 31.8 Å². The molecular formula is C13H20N4O2S2. The van der Waals surface area contributed by atoms with Crippen molar-refractivity contribution in [3.8, 4) is 0 Å². The Morgan fingerprint density at radius 2 is 2.05 bits per heavy atom. The highest BCUT2D eigenvalue weighted by Crippen LogP contribution is 2.26. The first kappa shape index (κ1) is 16.2. The van der Waals surface area contributed by atoms with Crippen LogP contribution in [0, 0.1) is 13.8 Å². The molecule has 0 fully saturated rings. The molecule has 0 aliphatic carbocycles. The van der Waals surface area contributed by atoms with Gasteiger partial charge in [0.1, 0.15) is 4.90 Å². The lowest BCUT2D eigenvalue weighted by molar-refractivity contribution is 0.579. The second-order valence-electron chi connectivity index (χ2n) is 4.94. The minimum atomic E-state index is -3.52. The van der Waals surface area contributed by atoms with Crippen LogP contribution >= 0.6 is 11.3 Å². The molecule has 2 N–H and O–H groups in total. The van der Waals surface area contributed by atoms with Gasteiger partial charge in [-0.2, -0.15) is 5.10 Å². The Hall–Kier alpha value is -1.22. The first-order valence-electron chi connectivity index (χ1n) is 6.55. The third-order valence-electron chi connectivity index (χ3n) is 3.16. The molecule has 0 atom stereocenters. The van der Waals surface area contributed by atoms with Crippen molar-refractivity contribution in [2.24, 2.45) is 7.05 Å². The molecule has 21 heavy (non-hydrogen) atoms. The fraction of sp³-hybridized carbons (Fsp3) is 0.462. The van der Waals surface area contributed by atoms with Crippen molar-refractivity contribution in [3.05, 3.63) is 33.3 Å². The standard InChI is InChI=1S/C13H20N4O2S2/c1-9-8-20-12(6-14-3)13(9)21(18,19)15-5-11-7-17(4)16-10(11)2/h7-8,14-15H,5-6H2,1-4H3. The highest BCUT2D eigenvalue weighted by molar-refractivity contribution is 7.89. The number of aromatic nitrogens is 2. The van der Waals surface area contributed by atoms with Crippen LogP contribution in [0.25, 0.3) is 0 Å². The molecule has 2 rings (SSSR count). The van der Waals surface area contributed by atoms with Crippen molar-refractivity contribution < 1.29 is 8.42 Å². The summed E-state index contributed by atoms with van der Waals surface area (Å²) in [6.45, 7) is 4.47. The van der Waals surface area contributed by atoms with Crippen LogP contribution in [0.3, 0.4) is 0 Å². The lowest BCUT2D eigenvalue weighted by Gasteiger charge is -2.08. The van der Waals surface area contributed by atoms with Gasteiger partial charge in [-0.15, -0.1) is 11.3 Å². The number of aryl methyl sites for hydroxylation is 3. The van der Waals surface area contributed by atoms with E-state index in [1.807, 2.05) is 32.5 Å². The zero-order chi connectivity index (χ0) is 15.6. The van der Waals surface area contributed by atoms with Crippen LogP contribution in [0.15, 0.2) is 16.5 Å². The maximum atomic E-state index is 12.5. The van der Waals surface area contributed by atoms with E-state index < -0.39 is 10.0 Å². The number of sulfonamides is 1. The number of nitrogens with zero attached hydrogens (tertiary/aromatic N) is 2. The van der Waals surface area contributed by atoms with Gasteiger partial charge in [-0.1, -0.05) is 0 Å². The molecule has 116 valence electrons. The summed E-state index contributed by atoms with van der Waals surface area (Å²) >= 11 is 1.46. The maximum Gasteiger partial charge on any atom is 0.242 e. The van der Waals surface area contributed by atoms with E-state index in [1.165, 1.54) is 11.3 Å². The van der Waals surface area contributed by atoms with Crippen LogP contribution in [0.4, 0.5) is 0 Å². The number of hydrogen-bond acceptors (Lipinski definition) is 5. The molecule has 8 heteroatoms. The largest absolute Gasteiger partial charge is 0.315 e. The molecule has 0 spiro atoms. The van der Waals surface area contributed by atoms with Crippen LogP contribution in [0.2, 0.25) is 0 Å². The summed E-state index contributed by atoms with van der Waals surface area (Å²) in [7, 11) is 0.0992. The number of hydrogen-bond donors (Lipinski definition) is 2. The van der Waals surface area contributed by atoms with Crippen molar-refractivity contribution in [2.75, 3.05) is 7.05 Å². The Balaban J connectivity index is 2.23. The summed E-state index contributed by atoms with van der Waals surface area (Å²) in [6, 6.07) is 0. The molecule has 0 bridgehead atoms. The molecule has 0 saturated heterocycles. The minimum absolute atomic E-state index is 0.246. The summed E-state index contributed by atoms with van der Waals surface area (Å²) in [4.78, 5) is 1.22. The van der Waals surface area contributed by atoms with E-state index in [-0.39, 0.29) is 6.54 Å². The SMILES string of the molecule is CNCc1scc(C)c1S(=O)(=O)NCc1cn(C)nc1C. The third-order valence-corrected chi connectivity index (χ3v) is 6.03. The summed E-state index contributed by atoms with van der Waals surface area (Å²) in [5.41, 5.74) is 2.49. The molecule has 0 radical (unpaired) electrons. The highest BCUT2D eigenvalue weighted by atomic mass is 32.2. The van der Waals surface area contributed by atoms with Crippen molar-refractivity contribution in [3.63, 3.8) is 0 Å². The Morgan fingerprint density at radius 3 is 2.62 bits per heavy atom. The summed E-state index contributed by atoms with van der Waals surface area (Å²) in [6.07, 6.45) is 1.83. The van der Waals surface area contributed by atoms with Gasteiger partial charge in [0, 0.05) is 36.8 Å². The summed E-state index contributed by atoms with van der Waals surface area (Å²) in [5.74, 6) is 0. The van der Waals surface area contributed by atoms with E-state index in [4.69, 9.17) is 0 Å². The lowest BCUT2D eigenvalue weighted by Crippen LogP contribution is -2.25. The van der Waals surface area contributed by atoms with Gasteiger partial charge in [-0.25, -0.2) is 13.1 Å². The van der Waals surface area contributed by atoms with E-state index in [2.05, 4.69) is 15.1 Å². The van der Waals surface area contributed by atoms with E-state index in [0.717, 1.165) is 21.7 Å². The van der Waals surface area contributed by atoms with Gasteiger partial charge in [0.2, 0.25) is 10.0 Å². The molecule has 0 saturated carbocycles. The van der Waals surface area contributed by atoms with Crippen LogP contribution in [-0.4, -0.2) is 25.2 Å². The third kappa shape index (κ3) is 3.52. The van der Waals surface area contributed by atoms with Crippen LogP contribution in [0.1, 0.15) is 21.7 Å². The molecule has 0 aliphatic rings. The predicted molar refractivity (Wildman–Crippen MR) is 83.8 cm³/mol. The highest BCUT2D eigenvalue weighted by Gasteiger charge is 2.22. The molecule has 6 nitrogen and oxygen atoms in total. The normalized spacial score (nSPS) is 12.0. The molecule has 2 heterocycles. The molecule has 0 aromatic carbocycles. The molecule has 2 aromatic rings. The molecular weight excluding hydrogens is 308 g/mol. The van der Waals surface area contributed by atoms with E-state index in [1.54, 1.807) is 11.7 Å². The molecule has 2 aromatic heterocycles. The molecule has 0 aliphatic heterocycles. The Kier molecular flexibility index (Phi) is 4.82. The summed E-state index contributed by atoms with van der Waals surface area (Å²) < 4.78 is 29.4. The molecule has 0 amide bonds. The number of rotatable bonds is 6. The predicted octanol–water partition coefficient (Wildman–Crippen LogP) is 1.30. The fourth-order valence-corrected chi connectivity index (χ4v) is 5.02. The van der Waals surface area contributed by atoms with E-state index in [0.29, 0.717) is 11.4 Å². The van der Waals surface area contributed by atoms with Gasteiger partial charge >= 0.3 is 0 Å². The van der Waals surface area contributed by atoms with Crippen LogP contribution in [0.5, 0.6) is 0 Å². The second-order valence-corrected chi connectivity index (χ2v) is 7.61. The smallest absolute Gasteiger partial charge is 0.242 e. The zero-order valence-corrected chi connectivity index (χ0v) is 14.2. The quantitative estimate of drug-likeness (QED) is 0.838. The minimum Gasteiger partial charge on any atom is -0.315 e. The zero-order valence-electron chi connectivity index (χ0n) is 12.6. The average Bonchev–Trinajstić information content (AvgIpc) is 2.91. The maximum absolute atomic E-state index is 12.5. The van der Waals surface area contributed by atoms with Crippen molar-refractivity contribution in [1.82, 2.24) is 19.8 Å². The van der Waals surface area contributed by atoms with Gasteiger partial charge in [0.05, 0.1) is 5.69 Å². The van der Waals surface area contributed by atoms with E-state index in [9.17, 15) is 8.42 Å². The van der Waals surface area contributed by atoms with Crippen molar-refractivity contribution in [2.45, 2.75) is 31.8 Å². The van der Waals surface area contributed by atoms with Crippen molar-refractivity contribution in [1.29, 1.82) is 0 Å². The second kappa shape index (κ2) is 6.27. The van der Waals surface area contributed by atoms with Gasteiger partial charge < -0.3 is 5.32 Å². The summed E-state index contributed by atoms with van der Waals surface area (Å²) in [5, 5.41) is 9.09. The van der Waals surface area contributed by atoms with Crippen molar-refractivity contribution >= 4 is 21.4 Å². The van der Waals surface area contributed by atoms with E-state index >= 15 is 0 Å². The molecule has 0 unspecified atom stereocenters. The number of thiophene rings is 1.